The van der Waals surface area contributed by atoms with E-state index in [4.69, 9.17) is 27.9 Å². The van der Waals surface area contributed by atoms with Gasteiger partial charge in [0.1, 0.15) is 5.60 Å². The quantitative estimate of drug-likeness (QED) is 0.741. The van der Waals surface area contributed by atoms with Gasteiger partial charge in [-0.2, -0.15) is 0 Å². The van der Waals surface area contributed by atoms with Crippen molar-refractivity contribution in [3.8, 4) is 0 Å². The average molecular weight is 269 g/mol. The second kappa shape index (κ2) is 5.26. The predicted octanol–water partition coefficient (Wildman–Crippen LogP) is 4.35. The van der Waals surface area contributed by atoms with Gasteiger partial charge < -0.3 is 4.74 Å². The van der Waals surface area contributed by atoms with Crippen LogP contribution in [0.5, 0.6) is 0 Å². The monoisotopic (exact) mass is 268 g/mol. The number of halogens is 2. The molecular formula is C14H14Cl2O. The van der Waals surface area contributed by atoms with E-state index in [9.17, 15) is 0 Å². The summed E-state index contributed by atoms with van der Waals surface area (Å²) in [5, 5.41) is 0.593. The number of hydrogen-bond acceptors (Lipinski definition) is 1. The SMILES string of the molecule is CC1(OCc2ccc(Cl)cc2)C=CC=CC1Cl. The van der Waals surface area contributed by atoms with Gasteiger partial charge in [-0.05, 0) is 24.6 Å². The minimum Gasteiger partial charge on any atom is -0.365 e. The smallest absolute Gasteiger partial charge is 0.104 e. The van der Waals surface area contributed by atoms with Crippen molar-refractivity contribution in [2.45, 2.75) is 24.5 Å². The van der Waals surface area contributed by atoms with Gasteiger partial charge in [0.05, 0.1) is 12.0 Å². The van der Waals surface area contributed by atoms with Crippen LogP contribution in [0, 0.1) is 0 Å². The van der Waals surface area contributed by atoms with Gasteiger partial charge in [0.25, 0.3) is 0 Å². The summed E-state index contributed by atoms with van der Waals surface area (Å²) < 4.78 is 5.90. The van der Waals surface area contributed by atoms with Crippen LogP contribution in [0.25, 0.3) is 0 Å². The van der Waals surface area contributed by atoms with Crippen LogP contribution in [0.1, 0.15) is 12.5 Å². The number of ether oxygens (including phenoxy) is 1. The molecule has 2 rings (SSSR count). The van der Waals surface area contributed by atoms with Crippen molar-refractivity contribution in [2.24, 2.45) is 0 Å². The summed E-state index contributed by atoms with van der Waals surface area (Å²) >= 11 is 12.1. The van der Waals surface area contributed by atoms with Gasteiger partial charge >= 0.3 is 0 Å². The van der Waals surface area contributed by atoms with E-state index in [-0.39, 0.29) is 5.38 Å². The molecule has 0 saturated heterocycles. The predicted molar refractivity (Wildman–Crippen MR) is 72.6 cm³/mol. The number of allylic oxidation sites excluding steroid dienone is 2. The third kappa shape index (κ3) is 3.12. The Kier molecular flexibility index (Phi) is 3.93. The summed E-state index contributed by atoms with van der Waals surface area (Å²) in [5.41, 5.74) is 0.637. The Bertz CT molecular complexity index is 436. The van der Waals surface area contributed by atoms with E-state index < -0.39 is 5.60 Å². The fourth-order valence-electron chi connectivity index (χ4n) is 1.64. The fraction of sp³-hybridized carbons (Fsp3) is 0.286. The van der Waals surface area contributed by atoms with Crippen LogP contribution in [0.15, 0.2) is 48.6 Å². The van der Waals surface area contributed by atoms with Crippen LogP contribution in [0.2, 0.25) is 5.02 Å². The highest BCUT2D eigenvalue weighted by Gasteiger charge is 2.30. The molecule has 0 spiro atoms. The first-order valence-electron chi connectivity index (χ1n) is 5.49. The van der Waals surface area contributed by atoms with Crippen LogP contribution in [0.3, 0.4) is 0 Å². The number of benzene rings is 1. The summed E-state index contributed by atoms with van der Waals surface area (Å²) in [4.78, 5) is 0. The van der Waals surface area contributed by atoms with Crippen LogP contribution in [-0.4, -0.2) is 11.0 Å². The molecule has 1 aliphatic carbocycles. The van der Waals surface area contributed by atoms with Crippen molar-refractivity contribution in [1.29, 1.82) is 0 Å². The standard InChI is InChI=1S/C14H14Cl2O/c1-14(9-3-2-4-13(14)16)17-10-11-5-7-12(15)8-6-11/h2-9,13H,10H2,1H3. The van der Waals surface area contributed by atoms with Crippen molar-refractivity contribution in [2.75, 3.05) is 0 Å². The third-order valence-corrected chi connectivity index (χ3v) is 3.66. The lowest BCUT2D eigenvalue weighted by atomic mass is 9.97. The molecule has 0 aromatic heterocycles. The molecule has 0 N–H and O–H groups in total. The highest BCUT2D eigenvalue weighted by molar-refractivity contribution is 6.30. The van der Waals surface area contributed by atoms with Gasteiger partial charge in [0.2, 0.25) is 0 Å². The summed E-state index contributed by atoms with van der Waals surface area (Å²) in [6.45, 7) is 2.51. The topological polar surface area (TPSA) is 9.23 Å². The largest absolute Gasteiger partial charge is 0.365 e. The van der Waals surface area contributed by atoms with E-state index >= 15 is 0 Å². The average Bonchev–Trinajstić information content (AvgIpc) is 2.33. The summed E-state index contributed by atoms with van der Waals surface area (Å²) in [7, 11) is 0. The van der Waals surface area contributed by atoms with Gasteiger partial charge in [0.15, 0.2) is 0 Å². The Balaban J connectivity index is 2.00. The Morgan fingerprint density at radius 2 is 1.94 bits per heavy atom. The van der Waals surface area contributed by atoms with Crippen molar-refractivity contribution >= 4 is 23.2 Å². The molecule has 0 amide bonds. The van der Waals surface area contributed by atoms with Gasteiger partial charge in [-0.15, -0.1) is 11.6 Å². The Morgan fingerprint density at radius 3 is 2.59 bits per heavy atom. The molecule has 1 aliphatic rings. The first kappa shape index (κ1) is 12.7. The lowest BCUT2D eigenvalue weighted by Gasteiger charge is -2.31. The zero-order valence-electron chi connectivity index (χ0n) is 9.57. The molecule has 0 heterocycles. The molecule has 2 unspecified atom stereocenters. The molecule has 1 nitrogen and oxygen atoms in total. The van der Waals surface area contributed by atoms with E-state index in [0.29, 0.717) is 6.61 Å². The molecule has 0 radical (unpaired) electrons. The van der Waals surface area contributed by atoms with E-state index in [2.05, 4.69) is 0 Å². The highest BCUT2D eigenvalue weighted by Crippen LogP contribution is 2.28. The van der Waals surface area contributed by atoms with E-state index in [0.717, 1.165) is 10.6 Å². The molecule has 0 saturated carbocycles. The van der Waals surface area contributed by atoms with Crippen molar-refractivity contribution in [1.82, 2.24) is 0 Å². The lowest BCUT2D eigenvalue weighted by Crippen LogP contribution is -2.36. The highest BCUT2D eigenvalue weighted by atomic mass is 35.5. The molecule has 2 atom stereocenters. The second-order valence-corrected chi connectivity index (χ2v) is 5.15. The van der Waals surface area contributed by atoms with Gasteiger partial charge in [-0.25, -0.2) is 0 Å². The van der Waals surface area contributed by atoms with Gasteiger partial charge in [0, 0.05) is 5.02 Å². The number of alkyl halides is 1. The molecular weight excluding hydrogens is 255 g/mol. The summed E-state index contributed by atoms with van der Waals surface area (Å²) in [6.07, 6.45) is 7.82. The molecule has 1 aromatic carbocycles. The van der Waals surface area contributed by atoms with E-state index in [1.807, 2.05) is 55.5 Å². The Labute approximate surface area is 112 Å². The number of hydrogen-bond donors (Lipinski definition) is 0. The van der Waals surface area contributed by atoms with Gasteiger partial charge in [-0.1, -0.05) is 48.0 Å². The fourth-order valence-corrected chi connectivity index (χ4v) is 1.98. The van der Waals surface area contributed by atoms with E-state index in [1.54, 1.807) is 0 Å². The van der Waals surface area contributed by atoms with Crippen LogP contribution in [-0.2, 0) is 11.3 Å². The molecule has 0 bridgehead atoms. The Hall–Kier alpha value is -0.760. The van der Waals surface area contributed by atoms with E-state index in [1.165, 1.54) is 0 Å². The maximum atomic E-state index is 6.23. The molecule has 0 aliphatic heterocycles. The first-order valence-corrected chi connectivity index (χ1v) is 6.30. The van der Waals surface area contributed by atoms with Crippen LogP contribution < -0.4 is 0 Å². The third-order valence-electron chi connectivity index (χ3n) is 2.83. The Morgan fingerprint density at radius 1 is 1.24 bits per heavy atom. The first-order chi connectivity index (χ1) is 8.10. The van der Waals surface area contributed by atoms with Crippen molar-refractivity contribution in [3.63, 3.8) is 0 Å². The minimum atomic E-state index is -0.448. The summed E-state index contributed by atoms with van der Waals surface area (Å²) in [6, 6.07) is 7.63. The lowest BCUT2D eigenvalue weighted by molar-refractivity contribution is -0.00275. The number of rotatable bonds is 3. The zero-order valence-corrected chi connectivity index (χ0v) is 11.1. The maximum absolute atomic E-state index is 6.23. The van der Waals surface area contributed by atoms with Crippen LogP contribution in [0.4, 0.5) is 0 Å². The van der Waals surface area contributed by atoms with Gasteiger partial charge in [-0.3, -0.25) is 0 Å². The molecule has 3 heteroatoms. The molecule has 90 valence electrons. The molecule has 17 heavy (non-hydrogen) atoms. The summed E-state index contributed by atoms with van der Waals surface area (Å²) in [5.74, 6) is 0. The normalized spacial score (nSPS) is 27.4. The molecule has 1 aromatic rings. The van der Waals surface area contributed by atoms with Crippen molar-refractivity contribution < 1.29 is 4.74 Å². The molecule has 0 fully saturated rings. The van der Waals surface area contributed by atoms with Crippen LogP contribution >= 0.6 is 23.2 Å². The van der Waals surface area contributed by atoms with Crippen molar-refractivity contribution in [3.05, 3.63) is 59.2 Å². The minimum absolute atomic E-state index is 0.139. The second-order valence-electron chi connectivity index (χ2n) is 4.24. The zero-order chi connectivity index (χ0) is 12.3. The maximum Gasteiger partial charge on any atom is 0.104 e.